The monoisotopic (exact) mass is 815 g/mol. The predicted octanol–water partition coefficient (Wildman–Crippen LogP) is 11.9. The minimum Gasteiger partial charge on any atom is -0.457 e. The Labute approximate surface area is 341 Å². The first-order valence-electron chi connectivity index (χ1n) is 22.4. The largest absolute Gasteiger partial charge is 0.472 e. The number of phosphoric ester groups is 1. The first-order chi connectivity index (χ1) is 27.3. The van der Waals surface area contributed by atoms with Gasteiger partial charge in [0.1, 0.15) is 12.2 Å². The van der Waals surface area contributed by atoms with Crippen molar-refractivity contribution in [3.05, 3.63) is 36.5 Å². The lowest BCUT2D eigenvalue weighted by atomic mass is 10.0. The lowest BCUT2D eigenvalue weighted by Gasteiger charge is -2.20. The van der Waals surface area contributed by atoms with Gasteiger partial charge in [-0.25, -0.2) is 4.57 Å². The van der Waals surface area contributed by atoms with Gasteiger partial charge in [0.15, 0.2) is 0 Å². The van der Waals surface area contributed by atoms with Crippen molar-refractivity contribution in [1.82, 2.24) is 0 Å². The summed E-state index contributed by atoms with van der Waals surface area (Å²) in [6.45, 7) is 2.10. The first kappa shape index (κ1) is 54.2. The Morgan fingerprint density at radius 2 is 0.839 bits per heavy atom. The lowest BCUT2D eigenvalue weighted by Crippen LogP contribution is -2.28. The van der Waals surface area contributed by atoms with E-state index in [0.29, 0.717) is 12.8 Å². The zero-order valence-electron chi connectivity index (χ0n) is 35.6. The van der Waals surface area contributed by atoms with Gasteiger partial charge in [-0.1, -0.05) is 179 Å². The summed E-state index contributed by atoms with van der Waals surface area (Å²) in [5.74, 6) is -1.03. The molecular weight excluding hydrogens is 731 g/mol. The highest BCUT2D eigenvalue weighted by molar-refractivity contribution is 7.47. The van der Waals surface area contributed by atoms with Crippen molar-refractivity contribution in [1.29, 1.82) is 0 Å². The topological polar surface area (TPSA) is 149 Å². The lowest BCUT2D eigenvalue weighted by molar-refractivity contribution is -0.153. The van der Waals surface area contributed by atoms with E-state index in [4.69, 9.17) is 18.5 Å². The summed E-state index contributed by atoms with van der Waals surface area (Å²) in [4.78, 5) is 34.5. The smallest absolute Gasteiger partial charge is 0.457 e. The van der Waals surface area contributed by atoms with E-state index in [1.807, 2.05) is 0 Å². The number of carbonyl (C=O) groups is 2. The molecule has 0 aromatic heterocycles. The number of carbonyl (C=O) groups excluding carboxylic acids is 2. The molecule has 0 bridgehead atoms. The second-order valence-electron chi connectivity index (χ2n) is 15.0. The van der Waals surface area contributed by atoms with E-state index in [-0.39, 0.29) is 12.8 Å². The second-order valence-corrected chi connectivity index (χ2v) is 16.5. The number of aliphatic hydroxyl groups excluding tert-OH is 2. The molecule has 0 aromatic carbocycles. The average molecular weight is 815 g/mol. The van der Waals surface area contributed by atoms with Gasteiger partial charge in [0, 0.05) is 12.8 Å². The third-order valence-corrected chi connectivity index (χ3v) is 10.6. The number of phosphoric acid groups is 1. The van der Waals surface area contributed by atoms with Crippen molar-refractivity contribution in [3.8, 4) is 0 Å². The van der Waals surface area contributed by atoms with Crippen LogP contribution >= 0.6 is 7.82 Å². The minimum absolute atomic E-state index is 0.173. The molecule has 0 amide bonds. The summed E-state index contributed by atoms with van der Waals surface area (Å²) < 4.78 is 32.6. The van der Waals surface area contributed by atoms with E-state index < -0.39 is 58.4 Å². The van der Waals surface area contributed by atoms with Gasteiger partial charge in [-0.3, -0.25) is 18.6 Å². The Kier molecular flexibility index (Phi) is 40.0. The van der Waals surface area contributed by atoms with Crippen LogP contribution in [0.15, 0.2) is 36.5 Å². The molecule has 3 atom stereocenters. The SMILES string of the molecule is CC/C=C\C/C=C\C/C=C\CCCCCCCC(=O)OC(CO)COP(=O)(O)OCC(CO)OC(=O)CCCCCCCCCCCCCCCCCCCC. The molecule has 0 aliphatic heterocycles. The molecule has 0 heterocycles. The normalized spacial score (nSPS) is 14.2. The molecular formula is C45H83O10P. The van der Waals surface area contributed by atoms with Gasteiger partial charge in [-0.05, 0) is 44.9 Å². The van der Waals surface area contributed by atoms with Gasteiger partial charge >= 0.3 is 19.8 Å². The van der Waals surface area contributed by atoms with Gasteiger partial charge < -0.3 is 24.6 Å². The summed E-state index contributed by atoms with van der Waals surface area (Å²) in [6, 6.07) is 0. The molecule has 3 N–H and O–H groups in total. The van der Waals surface area contributed by atoms with E-state index in [0.717, 1.165) is 70.6 Å². The molecule has 0 spiro atoms. The number of allylic oxidation sites excluding steroid dienone is 6. The summed E-state index contributed by atoms with van der Waals surface area (Å²) in [5.41, 5.74) is 0. The number of ether oxygens (including phenoxy) is 2. The van der Waals surface area contributed by atoms with E-state index in [1.165, 1.54) is 89.9 Å². The summed E-state index contributed by atoms with van der Waals surface area (Å²) in [7, 11) is -4.64. The molecule has 56 heavy (non-hydrogen) atoms. The van der Waals surface area contributed by atoms with E-state index in [2.05, 4.69) is 50.3 Å². The molecule has 0 rings (SSSR count). The van der Waals surface area contributed by atoms with Crippen LogP contribution in [0, 0.1) is 0 Å². The zero-order valence-corrected chi connectivity index (χ0v) is 36.5. The Bertz CT molecular complexity index is 1030. The van der Waals surface area contributed by atoms with Gasteiger partial charge in [0.25, 0.3) is 0 Å². The van der Waals surface area contributed by atoms with Gasteiger partial charge in [0.2, 0.25) is 0 Å². The highest BCUT2D eigenvalue weighted by atomic mass is 31.2. The van der Waals surface area contributed by atoms with Gasteiger partial charge in [0.05, 0.1) is 26.4 Å². The van der Waals surface area contributed by atoms with Crippen molar-refractivity contribution >= 4 is 19.8 Å². The van der Waals surface area contributed by atoms with Crippen LogP contribution in [0.5, 0.6) is 0 Å². The van der Waals surface area contributed by atoms with Crippen LogP contribution in [0.4, 0.5) is 0 Å². The van der Waals surface area contributed by atoms with E-state index >= 15 is 0 Å². The minimum atomic E-state index is -4.64. The average Bonchev–Trinajstić information content (AvgIpc) is 3.19. The number of hydrogen-bond acceptors (Lipinski definition) is 9. The van der Waals surface area contributed by atoms with Crippen molar-refractivity contribution in [2.45, 2.75) is 212 Å². The number of aliphatic hydroxyl groups is 2. The Hall–Kier alpha value is -1.81. The number of hydrogen-bond donors (Lipinski definition) is 3. The molecule has 0 radical (unpaired) electrons. The molecule has 10 nitrogen and oxygen atoms in total. The first-order valence-corrected chi connectivity index (χ1v) is 23.9. The van der Waals surface area contributed by atoms with Crippen LogP contribution in [-0.4, -0.2) is 65.7 Å². The maximum absolute atomic E-state index is 12.4. The highest BCUT2D eigenvalue weighted by Gasteiger charge is 2.27. The van der Waals surface area contributed by atoms with Crippen molar-refractivity contribution in [2.75, 3.05) is 26.4 Å². The Balaban J connectivity index is 3.90. The number of esters is 2. The molecule has 0 aliphatic rings. The van der Waals surface area contributed by atoms with Crippen molar-refractivity contribution in [3.63, 3.8) is 0 Å². The van der Waals surface area contributed by atoms with Gasteiger partial charge in [-0.15, -0.1) is 0 Å². The molecule has 0 fully saturated rings. The Morgan fingerprint density at radius 1 is 0.500 bits per heavy atom. The van der Waals surface area contributed by atoms with Crippen LogP contribution in [-0.2, 0) is 32.7 Å². The van der Waals surface area contributed by atoms with Crippen LogP contribution in [0.25, 0.3) is 0 Å². The van der Waals surface area contributed by atoms with Crippen LogP contribution < -0.4 is 0 Å². The summed E-state index contributed by atoms with van der Waals surface area (Å²) in [6.07, 6.45) is 42.6. The molecule has 11 heteroatoms. The molecule has 0 saturated heterocycles. The van der Waals surface area contributed by atoms with E-state index in [1.54, 1.807) is 0 Å². The molecule has 3 unspecified atom stereocenters. The fourth-order valence-electron chi connectivity index (χ4n) is 6.19. The standard InChI is InChI=1S/C45H83O10P/c1-3-5-7-9-11-13-15-17-19-20-21-23-25-27-29-31-33-35-37-45(49)55-43(39-47)41-53-56(50,51)52-40-42(38-46)54-44(48)36-34-32-30-28-26-24-22-18-16-14-12-10-8-6-4-2/h6,8,12,14,18,22,42-43,46-47H,3-5,7,9-11,13,15-17,19-21,23-41H2,1-2H3,(H,50,51)/b8-6-,14-12-,22-18-. The zero-order chi connectivity index (χ0) is 41.2. The van der Waals surface area contributed by atoms with Crippen LogP contribution in [0.1, 0.15) is 200 Å². The fraction of sp³-hybridized carbons (Fsp3) is 0.822. The fourth-order valence-corrected chi connectivity index (χ4v) is 6.97. The Morgan fingerprint density at radius 3 is 1.21 bits per heavy atom. The third kappa shape index (κ3) is 39.0. The number of unbranched alkanes of at least 4 members (excludes halogenated alkanes) is 22. The maximum atomic E-state index is 12.4. The van der Waals surface area contributed by atoms with Gasteiger partial charge in [-0.2, -0.15) is 0 Å². The quantitative estimate of drug-likeness (QED) is 0.0235. The molecule has 0 saturated carbocycles. The predicted molar refractivity (Wildman–Crippen MR) is 228 cm³/mol. The maximum Gasteiger partial charge on any atom is 0.472 e. The molecule has 0 aliphatic carbocycles. The van der Waals surface area contributed by atoms with Crippen molar-refractivity contribution in [2.24, 2.45) is 0 Å². The van der Waals surface area contributed by atoms with E-state index in [9.17, 15) is 29.3 Å². The molecule has 0 aromatic rings. The third-order valence-electron chi connectivity index (χ3n) is 9.62. The van der Waals surface area contributed by atoms with Crippen LogP contribution in [0.2, 0.25) is 0 Å². The summed E-state index contributed by atoms with van der Waals surface area (Å²) in [5, 5.41) is 19.2. The van der Waals surface area contributed by atoms with Crippen LogP contribution in [0.3, 0.4) is 0 Å². The summed E-state index contributed by atoms with van der Waals surface area (Å²) >= 11 is 0. The second kappa shape index (κ2) is 41.4. The van der Waals surface area contributed by atoms with Crippen molar-refractivity contribution < 1.29 is 47.8 Å². The highest BCUT2D eigenvalue weighted by Crippen LogP contribution is 2.43. The number of rotatable bonds is 42. The molecule has 328 valence electrons.